The van der Waals surface area contributed by atoms with Crippen LogP contribution in [0.4, 0.5) is 0 Å². The molecule has 0 aliphatic heterocycles. The van der Waals surface area contributed by atoms with Crippen molar-refractivity contribution in [3.63, 3.8) is 0 Å². The molecule has 0 radical (unpaired) electrons. The molecule has 4 heteroatoms. The number of hydrogen-bond donors (Lipinski definition) is 0. The average Bonchev–Trinajstić information content (AvgIpc) is 2.40. The SMILES string of the molecule is CC(Sc1ccccn1)C(=O)c1ccc(Cl)cc1. The van der Waals surface area contributed by atoms with Gasteiger partial charge in [-0.3, -0.25) is 4.79 Å². The third-order valence-electron chi connectivity index (χ3n) is 2.43. The molecule has 0 N–H and O–H groups in total. The van der Waals surface area contributed by atoms with E-state index in [-0.39, 0.29) is 11.0 Å². The lowest BCUT2D eigenvalue weighted by Gasteiger charge is -2.09. The predicted octanol–water partition coefficient (Wildman–Crippen LogP) is 4.10. The summed E-state index contributed by atoms with van der Waals surface area (Å²) in [5.41, 5.74) is 0.676. The molecule has 1 unspecified atom stereocenters. The molecule has 0 amide bonds. The van der Waals surface area contributed by atoms with Crippen molar-refractivity contribution in [2.45, 2.75) is 17.2 Å². The molecule has 1 heterocycles. The van der Waals surface area contributed by atoms with Gasteiger partial charge in [0.15, 0.2) is 5.78 Å². The van der Waals surface area contributed by atoms with Crippen LogP contribution in [0.15, 0.2) is 53.7 Å². The minimum atomic E-state index is -0.166. The van der Waals surface area contributed by atoms with Crippen LogP contribution in [0.5, 0.6) is 0 Å². The maximum absolute atomic E-state index is 12.2. The molecule has 2 nitrogen and oxygen atoms in total. The Morgan fingerprint density at radius 1 is 1.22 bits per heavy atom. The third-order valence-corrected chi connectivity index (χ3v) is 3.74. The largest absolute Gasteiger partial charge is 0.293 e. The van der Waals surface area contributed by atoms with Gasteiger partial charge in [0, 0.05) is 16.8 Å². The molecular weight excluding hydrogens is 266 g/mol. The zero-order valence-electron chi connectivity index (χ0n) is 9.84. The van der Waals surface area contributed by atoms with E-state index in [4.69, 9.17) is 11.6 Å². The van der Waals surface area contributed by atoms with Gasteiger partial charge in [0.25, 0.3) is 0 Å². The van der Waals surface area contributed by atoms with Crippen LogP contribution < -0.4 is 0 Å². The van der Waals surface area contributed by atoms with Crippen LogP contribution in [-0.4, -0.2) is 16.0 Å². The zero-order chi connectivity index (χ0) is 13.0. The Bertz CT molecular complexity index is 527. The van der Waals surface area contributed by atoms with Crippen LogP contribution in [0.2, 0.25) is 5.02 Å². The van der Waals surface area contributed by atoms with E-state index in [1.807, 2.05) is 25.1 Å². The Morgan fingerprint density at radius 2 is 1.94 bits per heavy atom. The summed E-state index contributed by atoms with van der Waals surface area (Å²) < 4.78 is 0. The second kappa shape index (κ2) is 6.03. The number of Topliss-reactive ketones (excluding diaryl/α,β-unsaturated/α-hetero) is 1. The van der Waals surface area contributed by atoms with Gasteiger partial charge >= 0.3 is 0 Å². The maximum atomic E-state index is 12.2. The number of benzene rings is 1. The highest BCUT2D eigenvalue weighted by molar-refractivity contribution is 8.00. The lowest BCUT2D eigenvalue weighted by atomic mass is 10.1. The normalized spacial score (nSPS) is 12.1. The van der Waals surface area contributed by atoms with E-state index in [1.54, 1.807) is 30.5 Å². The van der Waals surface area contributed by atoms with Crippen molar-refractivity contribution < 1.29 is 4.79 Å². The Balaban J connectivity index is 2.07. The molecule has 0 saturated heterocycles. The number of ketones is 1. The number of nitrogens with zero attached hydrogens (tertiary/aromatic N) is 1. The number of thioether (sulfide) groups is 1. The fourth-order valence-corrected chi connectivity index (χ4v) is 2.51. The molecule has 1 aromatic heterocycles. The van der Waals surface area contributed by atoms with Crippen LogP contribution in [0.25, 0.3) is 0 Å². The van der Waals surface area contributed by atoms with Crippen molar-refractivity contribution in [3.05, 3.63) is 59.2 Å². The molecule has 0 spiro atoms. The molecule has 0 fully saturated rings. The molecule has 0 bridgehead atoms. The van der Waals surface area contributed by atoms with Crippen LogP contribution in [0.1, 0.15) is 17.3 Å². The van der Waals surface area contributed by atoms with E-state index in [9.17, 15) is 4.79 Å². The van der Waals surface area contributed by atoms with E-state index in [0.29, 0.717) is 10.6 Å². The van der Waals surface area contributed by atoms with Crippen LogP contribution in [-0.2, 0) is 0 Å². The van der Waals surface area contributed by atoms with E-state index in [2.05, 4.69) is 4.98 Å². The molecule has 2 rings (SSSR count). The second-order valence-corrected chi connectivity index (χ2v) is 5.60. The van der Waals surface area contributed by atoms with Gasteiger partial charge in [-0.05, 0) is 43.3 Å². The number of hydrogen-bond acceptors (Lipinski definition) is 3. The summed E-state index contributed by atoms with van der Waals surface area (Å²) in [6.07, 6.45) is 1.72. The van der Waals surface area contributed by atoms with Gasteiger partial charge in [-0.2, -0.15) is 0 Å². The number of carbonyl (C=O) groups is 1. The van der Waals surface area contributed by atoms with Crippen LogP contribution in [0.3, 0.4) is 0 Å². The molecule has 0 aliphatic carbocycles. The Kier molecular flexibility index (Phi) is 4.39. The molecular formula is C14H12ClNOS. The average molecular weight is 278 g/mol. The maximum Gasteiger partial charge on any atom is 0.175 e. The molecule has 2 aromatic rings. The van der Waals surface area contributed by atoms with Crippen molar-refractivity contribution in [1.29, 1.82) is 0 Å². The molecule has 0 saturated carbocycles. The van der Waals surface area contributed by atoms with Crippen molar-refractivity contribution in [2.24, 2.45) is 0 Å². The summed E-state index contributed by atoms with van der Waals surface area (Å²) in [5, 5.41) is 1.32. The van der Waals surface area contributed by atoms with Crippen LogP contribution in [0, 0.1) is 0 Å². The van der Waals surface area contributed by atoms with E-state index < -0.39 is 0 Å². The van der Waals surface area contributed by atoms with Gasteiger partial charge in [-0.1, -0.05) is 29.4 Å². The van der Waals surface area contributed by atoms with Crippen molar-refractivity contribution in [1.82, 2.24) is 4.98 Å². The van der Waals surface area contributed by atoms with Gasteiger partial charge in [0.1, 0.15) is 0 Å². The summed E-state index contributed by atoms with van der Waals surface area (Å²) in [4.78, 5) is 16.4. The van der Waals surface area contributed by atoms with E-state index >= 15 is 0 Å². The topological polar surface area (TPSA) is 30.0 Å². The van der Waals surface area contributed by atoms with Gasteiger partial charge in [-0.25, -0.2) is 4.98 Å². The minimum Gasteiger partial charge on any atom is -0.293 e. The van der Waals surface area contributed by atoms with Gasteiger partial charge in [0.05, 0.1) is 10.3 Å². The first-order chi connectivity index (χ1) is 8.66. The number of aromatic nitrogens is 1. The number of carbonyl (C=O) groups excluding carboxylic acids is 1. The fourth-order valence-electron chi connectivity index (χ4n) is 1.50. The monoisotopic (exact) mass is 277 g/mol. The third kappa shape index (κ3) is 3.34. The minimum absolute atomic E-state index is 0.0855. The fraction of sp³-hybridized carbons (Fsp3) is 0.143. The molecule has 92 valence electrons. The predicted molar refractivity (Wildman–Crippen MR) is 75.3 cm³/mol. The summed E-state index contributed by atoms with van der Waals surface area (Å²) in [7, 11) is 0. The van der Waals surface area contributed by atoms with Crippen molar-refractivity contribution in [2.75, 3.05) is 0 Å². The van der Waals surface area contributed by atoms with Crippen molar-refractivity contribution >= 4 is 29.1 Å². The Labute approximate surface area is 115 Å². The van der Waals surface area contributed by atoms with E-state index in [0.717, 1.165) is 5.03 Å². The Hall–Kier alpha value is -1.32. The standard InChI is InChI=1S/C14H12ClNOS/c1-10(18-13-4-2-3-9-16-13)14(17)11-5-7-12(15)8-6-11/h2-10H,1H3. The van der Waals surface area contributed by atoms with Gasteiger partial charge < -0.3 is 0 Å². The summed E-state index contributed by atoms with van der Waals surface area (Å²) >= 11 is 7.26. The molecule has 1 aromatic carbocycles. The lowest BCUT2D eigenvalue weighted by Crippen LogP contribution is -2.13. The smallest absolute Gasteiger partial charge is 0.175 e. The van der Waals surface area contributed by atoms with Gasteiger partial charge in [-0.15, -0.1) is 0 Å². The zero-order valence-corrected chi connectivity index (χ0v) is 11.4. The van der Waals surface area contributed by atoms with Gasteiger partial charge in [0.2, 0.25) is 0 Å². The van der Waals surface area contributed by atoms with E-state index in [1.165, 1.54) is 11.8 Å². The number of rotatable bonds is 4. The summed E-state index contributed by atoms with van der Waals surface area (Å²) in [6, 6.07) is 12.6. The molecule has 1 atom stereocenters. The number of halogens is 1. The number of pyridine rings is 1. The summed E-state index contributed by atoms with van der Waals surface area (Å²) in [5.74, 6) is 0.0855. The van der Waals surface area contributed by atoms with Crippen LogP contribution >= 0.6 is 23.4 Å². The lowest BCUT2D eigenvalue weighted by molar-refractivity contribution is 0.0994. The summed E-state index contributed by atoms with van der Waals surface area (Å²) in [6.45, 7) is 1.89. The second-order valence-electron chi connectivity index (χ2n) is 3.80. The first-order valence-corrected chi connectivity index (χ1v) is 6.80. The highest BCUT2D eigenvalue weighted by Crippen LogP contribution is 2.23. The highest BCUT2D eigenvalue weighted by atomic mass is 35.5. The highest BCUT2D eigenvalue weighted by Gasteiger charge is 2.16. The molecule has 18 heavy (non-hydrogen) atoms. The quantitative estimate of drug-likeness (QED) is 0.623. The van der Waals surface area contributed by atoms with Crippen molar-refractivity contribution in [3.8, 4) is 0 Å². The Morgan fingerprint density at radius 3 is 2.56 bits per heavy atom. The first-order valence-electron chi connectivity index (χ1n) is 5.54. The molecule has 0 aliphatic rings. The first kappa shape index (κ1) is 13.1.